The first-order valence-electron chi connectivity index (χ1n) is 7.07. The molecule has 0 aliphatic rings. The van der Waals surface area contributed by atoms with Crippen LogP contribution in [-0.2, 0) is 23.0 Å². The summed E-state index contributed by atoms with van der Waals surface area (Å²) in [5.41, 5.74) is 6.78. The summed E-state index contributed by atoms with van der Waals surface area (Å²) in [7, 11) is 2.89. The topological polar surface area (TPSA) is 96.3 Å². The van der Waals surface area contributed by atoms with Gasteiger partial charge < -0.3 is 15.0 Å². The van der Waals surface area contributed by atoms with Gasteiger partial charge >= 0.3 is 11.7 Å². The summed E-state index contributed by atoms with van der Waals surface area (Å²) >= 11 is 0. The third-order valence-corrected chi connectivity index (χ3v) is 3.71. The minimum absolute atomic E-state index is 0.313. The molecule has 2 rings (SSSR count). The lowest BCUT2D eigenvalue weighted by Gasteiger charge is -2.11. The van der Waals surface area contributed by atoms with Crippen LogP contribution in [0.4, 0.5) is 0 Å². The number of nitrogens with zero attached hydrogens (tertiary/aromatic N) is 2. The number of aromatic nitrogens is 2. The Labute approximate surface area is 132 Å². The predicted octanol–water partition coefficient (Wildman–Crippen LogP) is -0.113. The number of carbonyl (C=O) groups is 1. The van der Waals surface area contributed by atoms with Crippen LogP contribution < -0.4 is 17.0 Å². The monoisotopic (exact) mass is 317 g/mol. The van der Waals surface area contributed by atoms with Crippen molar-refractivity contribution in [3.05, 3.63) is 62.4 Å². The summed E-state index contributed by atoms with van der Waals surface area (Å²) in [4.78, 5) is 35.6. The van der Waals surface area contributed by atoms with Gasteiger partial charge in [0.15, 0.2) is 0 Å². The maximum Gasteiger partial charge on any atom is 0.335 e. The molecular weight excluding hydrogens is 298 g/mol. The number of esters is 1. The predicted molar refractivity (Wildman–Crippen MR) is 85.7 cm³/mol. The minimum atomic E-state index is -0.749. The molecule has 7 nitrogen and oxygen atoms in total. The van der Waals surface area contributed by atoms with Crippen molar-refractivity contribution in [2.45, 2.75) is 19.4 Å². The van der Waals surface area contributed by atoms with Crippen LogP contribution in [0.25, 0.3) is 5.69 Å². The van der Waals surface area contributed by atoms with Crippen molar-refractivity contribution >= 4 is 5.97 Å². The van der Waals surface area contributed by atoms with Crippen molar-refractivity contribution in [2.75, 3.05) is 7.11 Å². The Morgan fingerprint density at radius 1 is 1.26 bits per heavy atom. The maximum atomic E-state index is 12.2. The zero-order valence-corrected chi connectivity index (χ0v) is 13.3. The van der Waals surface area contributed by atoms with E-state index in [2.05, 4.69) is 4.74 Å². The molecule has 1 atom stereocenters. The van der Waals surface area contributed by atoms with E-state index in [0.29, 0.717) is 17.8 Å². The first-order chi connectivity index (χ1) is 10.8. The average Bonchev–Trinajstić information content (AvgIpc) is 2.53. The fourth-order valence-corrected chi connectivity index (χ4v) is 2.24. The van der Waals surface area contributed by atoms with Crippen LogP contribution in [0, 0.1) is 6.92 Å². The third kappa shape index (κ3) is 3.40. The van der Waals surface area contributed by atoms with Crippen molar-refractivity contribution in [1.29, 1.82) is 0 Å². The summed E-state index contributed by atoms with van der Waals surface area (Å²) in [6, 6.07) is 7.41. The van der Waals surface area contributed by atoms with Gasteiger partial charge in [-0.2, -0.15) is 0 Å². The molecule has 1 aromatic heterocycles. The summed E-state index contributed by atoms with van der Waals surface area (Å²) in [5.74, 6) is -0.488. The zero-order valence-electron chi connectivity index (χ0n) is 13.3. The summed E-state index contributed by atoms with van der Waals surface area (Å²) in [5, 5.41) is 0. The molecule has 0 radical (unpaired) electrons. The molecule has 23 heavy (non-hydrogen) atoms. The molecule has 122 valence electrons. The second-order valence-corrected chi connectivity index (χ2v) is 5.30. The number of nitrogens with two attached hydrogens (primary N) is 1. The Morgan fingerprint density at radius 3 is 2.43 bits per heavy atom. The molecule has 0 fully saturated rings. The first-order valence-corrected chi connectivity index (χ1v) is 7.07. The van der Waals surface area contributed by atoms with Crippen LogP contribution in [0.2, 0.25) is 0 Å². The molecule has 2 N–H and O–H groups in total. The highest BCUT2D eigenvalue weighted by molar-refractivity contribution is 5.75. The first kappa shape index (κ1) is 16.7. The van der Waals surface area contributed by atoms with Gasteiger partial charge in [-0.1, -0.05) is 12.1 Å². The molecule has 0 saturated carbocycles. The van der Waals surface area contributed by atoms with Gasteiger partial charge in [0.1, 0.15) is 6.04 Å². The van der Waals surface area contributed by atoms with Gasteiger partial charge in [0, 0.05) is 18.8 Å². The molecule has 1 aromatic carbocycles. The smallest absolute Gasteiger partial charge is 0.335 e. The van der Waals surface area contributed by atoms with E-state index in [4.69, 9.17) is 5.73 Å². The van der Waals surface area contributed by atoms with Crippen LogP contribution in [0.5, 0.6) is 0 Å². The second kappa shape index (κ2) is 6.62. The van der Waals surface area contributed by atoms with Crippen molar-refractivity contribution in [3.8, 4) is 5.69 Å². The Kier molecular flexibility index (Phi) is 4.80. The van der Waals surface area contributed by atoms with Gasteiger partial charge in [-0.3, -0.25) is 9.59 Å². The third-order valence-electron chi connectivity index (χ3n) is 3.71. The molecule has 0 spiro atoms. The lowest BCUT2D eigenvalue weighted by atomic mass is 10.1. The fourth-order valence-electron chi connectivity index (χ4n) is 2.24. The summed E-state index contributed by atoms with van der Waals surface area (Å²) < 4.78 is 7.08. The van der Waals surface area contributed by atoms with Gasteiger partial charge in [0.25, 0.3) is 5.56 Å². The van der Waals surface area contributed by atoms with E-state index in [1.165, 1.54) is 17.7 Å². The van der Waals surface area contributed by atoms with E-state index in [0.717, 1.165) is 10.1 Å². The largest absolute Gasteiger partial charge is 0.468 e. The van der Waals surface area contributed by atoms with E-state index in [1.807, 2.05) is 0 Å². The number of rotatable bonds is 4. The number of ether oxygens (including phenoxy) is 1. The Morgan fingerprint density at radius 2 is 1.87 bits per heavy atom. The second-order valence-electron chi connectivity index (χ2n) is 5.30. The van der Waals surface area contributed by atoms with Crippen molar-refractivity contribution < 1.29 is 9.53 Å². The number of benzene rings is 1. The molecule has 7 heteroatoms. The normalized spacial score (nSPS) is 12.0. The highest BCUT2D eigenvalue weighted by Gasteiger charge is 2.14. The summed E-state index contributed by atoms with van der Waals surface area (Å²) in [6.07, 6.45) is 0.313. The Hall–Kier alpha value is -2.67. The zero-order chi connectivity index (χ0) is 17.1. The van der Waals surface area contributed by atoms with Crippen LogP contribution in [0.1, 0.15) is 11.3 Å². The molecule has 1 heterocycles. The number of aryl methyl sites for hydroxylation is 1. The quantitative estimate of drug-likeness (QED) is 0.794. The Balaban J connectivity index is 2.35. The molecule has 0 amide bonds. The minimum Gasteiger partial charge on any atom is -0.468 e. The lowest BCUT2D eigenvalue weighted by Crippen LogP contribution is -2.38. The highest BCUT2D eigenvalue weighted by atomic mass is 16.5. The van der Waals surface area contributed by atoms with E-state index in [9.17, 15) is 14.4 Å². The standard InChI is InChI=1S/C16H19N3O4/c1-10-8-14(20)19(16(22)18(10)2)12-6-4-11(5-7-12)9-13(17)15(21)23-3/h4-8,13H,9,17H2,1-3H3/t13-/m0/s1. The number of hydrogen-bond acceptors (Lipinski definition) is 5. The van der Waals surface area contributed by atoms with Crippen LogP contribution in [0.15, 0.2) is 39.9 Å². The van der Waals surface area contributed by atoms with Gasteiger partial charge in [-0.15, -0.1) is 0 Å². The van der Waals surface area contributed by atoms with Gasteiger partial charge in [-0.25, -0.2) is 9.36 Å². The van der Waals surface area contributed by atoms with Crippen molar-refractivity contribution in [1.82, 2.24) is 9.13 Å². The fraction of sp³-hybridized carbons (Fsp3) is 0.312. The van der Waals surface area contributed by atoms with E-state index in [-0.39, 0.29) is 5.56 Å². The molecule has 0 unspecified atom stereocenters. The van der Waals surface area contributed by atoms with E-state index >= 15 is 0 Å². The number of hydrogen-bond donors (Lipinski definition) is 1. The molecular formula is C16H19N3O4. The molecule has 0 bridgehead atoms. The van der Waals surface area contributed by atoms with Gasteiger partial charge in [0.05, 0.1) is 12.8 Å². The maximum absolute atomic E-state index is 12.2. The molecule has 2 aromatic rings. The number of methoxy groups -OCH3 is 1. The van der Waals surface area contributed by atoms with E-state index < -0.39 is 17.7 Å². The van der Waals surface area contributed by atoms with Gasteiger partial charge in [0.2, 0.25) is 0 Å². The van der Waals surface area contributed by atoms with Crippen LogP contribution >= 0.6 is 0 Å². The average molecular weight is 317 g/mol. The van der Waals surface area contributed by atoms with Crippen molar-refractivity contribution in [3.63, 3.8) is 0 Å². The van der Waals surface area contributed by atoms with Gasteiger partial charge in [-0.05, 0) is 31.0 Å². The highest BCUT2D eigenvalue weighted by Crippen LogP contribution is 2.09. The SMILES string of the molecule is COC(=O)[C@@H](N)Cc1ccc(-n2c(=O)cc(C)n(C)c2=O)cc1. The molecule has 0 aliphatic carbocycles. The van der Waals surface area contributed by atoms with E-state index in [1.54, 1.807) is 38.2 Å². The van der Waals surface area contributed by atoms with Crippen LogP contribution in [0.3, 0.4) is 0 Å². The summed E-state index contributed by atoms with van der Waals surface area (Å²) in [6.45, 7) is 1.70. The lowest BCUT2D eigenvalue weighted by molar-refractivity contribution is -0.142. The van der Waals surface area contributed by atoms with Crippen LogP contribution in [-0.4, -0.2) is 28.3 Å². The Bertz CT molecular complexity index is 834. The van der Waals surface area contributed by atoms with Crippen molar-refractivity contribution in [2.24, 2.45) is 12.8 Å². The number of carbonyl (C=O) groups excluding carboxylic acids is 1. The molecule has 0 saturated heterocycles. The molecule has 0 aliphatic heterocycles.